The van der Waals surface area contributed by atoms with E-state index in [2.05, 4.69) is 71.4 Å². The quantitative estimate of drug-likeness (QED) is 0.136. The molecule has 11 aromatic rings. The molecule has 68 heavy (non-hydrogen) atoms. The minimum Gasteiger partial charge on any atom is -0.369 e. The maximum Gasteiger partial charge on any atom is 0.207 e. The van der Waals surface area contributed by atoms with Crippen molar-refractivity contribution in [3.8, 4) is 56.0 Å². The topological polar surface area (TPSA) is 233 Å². The number of aromatic nitrogens is 14. The van der Waals surface area contributed by atoms with E-state index in [4.69, 9.17) is 40.4 Å². The normalized spacial score (nSPS) is 11.1. The molecule has 0 unspecified atom stereocenters. The average molecular weight is 1010 g/mol. The predicted molar refractivity (Wildman–Crippen MR) is 270 cm³/mol. The Hall–Kier alpha value is -7.93. The predicted octanol–water partition coefficient (Wildman–Crippen LogP) is 9.86. The number of nitrogens with two attached hydrogens (primary N) is 3. The molecule has 8 heterocycles. The Balaban J connectivity index is 0.000000129. The number of nitrogen functional groups attached to an aromatic ring is 3. The third kappa shape index (κ3) is 9.11. The molecule has 17 nitrogen and oxygen atoms in total. The largest absolute Gasteiger partial charge is 0.369 e. The molecule has 0 aliphatic rings. The highest BCUT2D eigenvalue weighted by Gasteiger charge is 2.21. The first-order chi connectivity index (χ1) is 32.7. The highest BCUT2D eigenvalue weighted by molar-refractivity contribution is 9.10. The molecule has 0 atom stereocenters. The number of benzene rings is 3. The first-order valence-corrected chi connectivity index (χ1v) is 22.4. The summed E-state index contributed by atoms with van der Waals surface area (Å²) in [5, 5.41) is 25.2. The van der Waals surface area contributed by atoms with Gasteiger partial charge in [0.05, 0.1) is 32.7 Å². The van der Waals surface area contributed by atoms with Crippen LogP contribution in [0.5, 0.6) is 0 Å². The monoisotopic (exact) mass is 1000 g/mol. The lowest BCUT2D eigenvalue weighted by atomic mass is 9.99. The summed E-state index contributed by atoms with van der Waals surface area (Å²) in [5.41, 5.74) is 33.7. The van der Waals surface area contributed by atoms with Gasteiger partial charge in [0.15, 0.2) is 16.9 Å². The van der Waals surface area contributed by atoms with Crippen molar-refractivity contribution in [1.29, 1.82) is 0 Å². The van der Waals surface area contributed by atoms with E-state index in [1.54, 1.807) is 44.3 Å². The maximum absolute atomic E-state index is 6.18. The van der Waals surface area contributed by atoms with Crippen LogP contribution in [0.3, 0.4) is 0 Å². The van der Waals surface area contributed by atoms with E-state index < -0.39 is 0 Å². The van der Waals surface area contributed by atoms with Crippen LogP contribution in [-0.2, 0) is 0 Å². The van der Waals surface area contributed by atoms with Gasteiger partial charge in [0.25, 0.3) is 0 Å². The number of pyridine rings is 2. The molecule has 0 aliphatic carbocycles. The zero-order valence-electron chi connectivity index (χ0n) is 37.1. The van der Waals surface area contributed by atoms with Crippen molar-refractivity contribution in [3.05, 3.63) is 159 Å². The van der Waals surface area contributed by atoms with Gasteiger partial charge in [0.2, 0.25) is 17.8 Å². The van der Waals surface area contributed by atoms with E-state index in [0.717, 1.165) is 71.9 Å². The number of fused-ring (bicyclic) bond motifs is 3. The van der Waals surface area contributed by atoms with Crippen LogP contribution in [0.15, 0.2) is 121 Å². The molecule has 0 saturated heterocycles. The van der Waals surface area contributed by atoms with E-state index in [-0.39, 0.29) is 0 Å². The van der Waals surface area contributed by atoms with Crippen molar-refractivity contribution < 1.29 is 0 Å². The van der Waals surface area contributed by atoms with Gasteiger partial charge in [-0.25, -0.2) is 24.9 Å². The van der Waals surface area contributed by atoms with E-state index in [1.165, 1.54) is 16.7 Å². The number of halogens is 3. The zero-order chi connectivity index (χ0) is 47.8. The minimum absolute atomic E-state index is 0.330. The molecule has 11 rings (SSSR count). The van der Waals surface area contributed by atoms with Crippen molar-refractivity contribution in [2.45, 2.75) is 34.6 Å². The zero-order valence-corrected chi connectivity index (χ0v) is 40.2. The summed E-state index contributed by atoms with van der Waals surface area (Å²) in [4.78, 5) is 22.1. The molecule has 8 aromatic heterocycles. The molecule has 0 saturated carbocycles. The molecule has 0 aliphatic heterocycles. The smallest absolute Gasteiger partial charge is 0.207 e. The molecule has 338 valence electrons. The number of rotatable bonds is 5. The van der Waals surface area contributed by atoms with Crippen molar-refractivity contribution in [1.82, 2.24) is 68.7 Å². The van der Waals surface area contributed by atoms with Crippen LogP contribution in [0, 0.1) is 34.6 Å². The Morgan fingerprint density at radius 2 is 0.735 bits per heavy atom. The Morgan fingerprint density at radius 3 is 1.10 bits per heavy atom. The van der Waals surface area contributed by atoms with Gasteiger partial charge in [0.1, 0.15) is 29.3 Å². The highest BCUT2D eigenvalue weighted by Crippen LogP contribution is 2.38. The van der Waals surface area contributed by atoms with Crippen LogP contribution >= 0.6 is 39.1 Å². The summed E-state index contributed by atoms with van der Waals surface area (Å²) in [5.74, 6) is 1.03. The second-order valence-corrected chi connectivity index (χ2v) is 17.4. The number of anilines is 3. The molecular formula is C48H40BrCl2N17. The van der Waals surface area contributed by atoms with Gasteiger partial charge in [-0.05, 0) is 85.9 Å². The van der Waals surface area contributed by atoms with Crippen LogP contribution in [0.1, 0.15) is 28.1 Å². The molecule has 0 radical (unpaired) electrons. The molecule has 6 N–H and O–H groups in total. The summed E-state index contributed by atoms with van der Waals surface area (Å²) in [6.07, 6.45) is 4.65. The highest BCUT2D eigenvalue weighted by atomic mass is 79.9. The second-order valence-electron chi connectivity index (χ2n) is 15.8. The van der Waals surface area contributed by atoms with Gasteiger partial charge in [-0.2, -0.15) is 0 Å². The molecule has 20 heteroatoms. The Labute approximate surface area is 407 Å². The fourth-order valence-corrected chi connectivity index (χ4v) is 8.59. The first kappa shape index (κ1) is 45.2. The van der Waals surface area contributed by atoms with E-state index in [0.29, 0.717) is 45.1 Å². The average Bonchev–Trinajstić information content (AvgIpc) is 4.12. The standard InChI is InChI=1S/2C18H15ClN6.C12H10BrN5/c2*1-10-3-5-12(6-4-10)16-15(13-7-11(2)22-14(19)8-13)17-24-21-9-25(17)18(20)23-16;1-7-2-4-8(5-3-7)10-9(13)11-17-15-6-18(11)12(14)16-10/h2*3-9H,1-2H3,(H2,20,23);2-6H,1H3,(H2,14,16). The summed E-state index contributed by atoms with van der Waals surface area (Å²) in [6.45, 7) is 9.92. The lowest BCUT2D eigenvalue weighted by molar-refractivity contribution is 1.08. The minimum atomic E-state index is 0.330. The SMILES string of the molecule is Cc1ccc(-c2nc(N)n3cnnc3c2-c2cc(C)nc(Cl)c2)cc1.Cc1ccc(-c2nc(N)n3cnnc3c2-c2cc(C)nc(Cl)c2)cc1.Cc1ccc(-c2nc(N)n3cnnc3c2Br)cc1. The molecule has 0 spiro atoms. The third-order valence-electron chi connectivity index (χ3n) is 10.8. The number of hydrogen-bond donors (Lipinski definition) is 3. The lowest BCUT2D eigenvalue weighted by Crippen LogP contribution is -2.04. The van der Waals surface area contributed by atoms with Crippen LogP contribution in [-0.4, -0.2) is 68.7 Å². The Morgan fingerprint density at radius 1 is 0.412 bits per heavy atom. The number of aryl methyl sites for hydroxylation is 5. The van der Waals surface area contributed by atoms with E-state index >= 15 is 0 Å². The van der Waals surface area contributed by atoms with Gasteiger partial charge < -0.3 is 17.2 Å². The van der Waals surface area contributed by atoms with E-state index in [9.17, 15) is 0 Å². The lowest BCUT2D eigenvalue weighted by Gasteiger charge is -2.13. The number of nitrogens with zero attached hydrogens (tertiary/aromatic N) is 14. The fourth-order valence-electron chi connectivity index (χ4n) is 7.50. The van der Waals surface area contributed by atoms with Crippen molar-refractivity contribution in [3.63, 3.8) is 0 Å². The van der Waals surface area contributed by atoms with Crippen molar-refractivity contribution >= 4 is 73.9 Å². The fraction of sp³-hybridized carbons (Fsp3) is 0.104. The molecule has 0 amide bonds. The molecule has 3 aromatic carbocycles. The van der Waals surface area contributed by atoms with Gasteiger partial charge in [-0.3, -0.25) is 13.2 Å². The van der Waals surface area contributed by atoms with Crippen molar-refractivity contribution in [2.24, 2.45) is 0 Å². The Kier molecular flexibility index (Phi) is 12.5. The summed E-state index contributed by atoms with van der Waals surface area (Å²) >= 11 is 15.9. The second kappa shape index (κ2) is 18.8. The van der Waals surface area contributed by atoms with Crippen molar-refractivity contribution in [2.75, 3.05) is 17.2 Å². The molecule has 0 fully saturated rings. The van der Waals surface area contributed by atoms with Gasteiger partial charge >= 0.3 is 0 Å². The van der Waals surface area contributed by atoms with Crippen LogP contribution < -0.4 is 17.2 Å². The van der Waals surface area contributed by atoms with Gasteiger partial charge in [-0.1, -0.05) is 113 Å². The van der Waals surface area contributed by atoms with Crippen LogP contribution in [0.2, 0.25) is 10.3 Å². The Bertz CT molecular complexity index is 3430. The summed E-state index contributed by atoms with van der Waals surface area (Å²) < 4.78 is 5.76. The number of hydrogen-bond acceptors (Lipinski definition) is 14. The van der Waals surface area contributed by atoms with E-state index in [1.807, 2.05) is 120 Å². The first-order valence-electron chi connectivity index (χ1n) is 20.9. The van der Waals surface area contributed by atoms with Crippen LogP contribution in [0.4, 0.5) is 17.8 Å². The summed E-state index contributed by atoms with van der Waals surface area (Å²) in [6, 6.07) is 31.8. The maximum atomic E-state index is 6.18. The summed E-state index contributed by atoms with van der Waals surface area (Å²) in [7, 11) is 0. The van der Waals surface area contributed by atoms with Gasteiger partial charge in [0, 0.05) is 28.1 Å². The van der Waals surface area contributed by atoms with Gasteiger partial charge in [-0.15, -0.1) is 30.6 Å². The molecular weight excluding hydrogens is 965 g/mol. The third-order valence-corrected chi connectivity index (χ3v) is 11.9. The van der Waals surface area contributed by atoms with Crippen LogP contribution in [0.25, 0.3) is 73.0 Å². The molecule has 0 bridgehead atoms.